The van der Waals surface area contributed by atoms with Crippen LogP contribution in [0.15, 0.2) is 24.8 Å². The lowest BCUT2D eigenvalue weighted by molar-refractivity contribution is -0.141. The first-order valence-corrected chi connectivity index (χ1v) is 6.81. The molecule has 20 heavy (non-hydrogen) atoms. The van der Waals surface area contributed by atoms with Crippen molar-refractivity contribution in [3.8, 4) is 0 Å². The number of nitrogens with zero attached hydrogens (tertiary/aromatic N) is 1. The Balaban J connectivity index is 2.81. The minimum absolute atomic E-state index is 0.0921. The summed E-state index contributed by atoms with van der Waals surface area (Å²) >= 11 is 0. The number of amides is 1. The molecule has 1 amide bonds. The molecule has 1 heterocycles. The Labute approximate surface area is 120 Å². The van der Waals surface area contributed by atoms with Gasteiger partial charge in [-0.2, -0.15) is 0 Å². The summed E-state index contributed by atoms with van der Waals surface area (Å²) in [6.45, 7) is 10.9. The van der Waals surface area contributed by atoms with Gasteiger partial charge in [-0.3, -0.25) is 4.79 Å². The van der Waals surface area contributed by atoms with Crippen molar-refractivity contribution in [3.05, 3.63) is 24.8 Å². The maximum atomic E-state index is 11.9. The molecule has 1 saturated heterocycles. The number of hydrogen-bond donors (Lipinski definition) is 0. The molecule has 1 aliphatic rings. The molecule has 0 bridgehead atoms. The van der Waals surface area contributed by atoms with Crippen LogP contribution in [0.5, 0.6) is 0 Å². The van der Waals surface area contributed by atoms with Gasteiger partial charge in [-0.25, -0.2) is 4.79 Å². The van der Waals surface area contributed by atoms with E-state index in [-0.39, 0.29) is 30.3 Å². The monoisotopic (exact) mass is 281 g/mol. The largest absolute Gasteiger partial charge is 0.469 e. The van der Waals surface area contributed by atoms with Crippen LogP contribution >= 0.6 is 0 Å². The maximum Gasteiger partial charge on any atom is 0.409 e. The van der Waals surface area contributed by atoms with E-state index in [0.717, 1.165) is 12.0 Å². The van der Waals surface area contributed by atoms with E-state index in [1.165, 1.54) is 7.11 Å². The van der Waals surface area contributed by atoms with Gasteiger partial charge >= 0.3 is 12.1 Å². The molecule has 0 saturated carbocycles. The number of piperidine rings is 1. The standard InChI is InChI=1S/C15H23NO4/c1-5-7-12-9-16(15(18)20-6-2)10-13(11(12)3)8-14(17)19-4/h5,12-13H,1,3,6-10H2,2,4H3. The Hall–Kier alpha value is -1.78. The molecule has 0 radical (unpaired) electrons. The first-order valence-electron chi connectivity index (χ1n) is 6.81. The van der Waals surface area contributed by atoms with Crippen molar-refractivity contribution >= 4 is 12.1 Å². The minimum Gasteiger partial charge on any atom is -0.469 e. The van der Waals surface area contributed by atoms with Crippen molar-refractivity contribution in [1.29, 1.82) is 0 Å². The summed E-state index contributed by atoms with van der Waals surface area (Å²) in [5.74, 6) is -0.273. The van der Waals surface area contributed by atoms with Crippen molar-refractivity contribution in [1.82, 2.24) is 4.90 Å². The van der Waals surface area contributed by atoms with Crippen LogP contribution in [0.2, 0.25) is 0 Å². The van der Waals surface area contributed by atoms with Gasteiger partial charge in [0, 0.05) is 24.9 Å². The number of allylic oxidation sites excluding steroid dienone is 1. The van der Waals surface area contributed by atoms with Gasteiger partial charge in [0.05, 0.1) is 20.1 Å². The van der Waals surface area contributed by atoms with Gasteiger partial charge < -0.3 is 14.4 Å². The third-order valence-electron chi connectivity index (χ3n) is 3.55. The molecule has 2 unspecified atom stereocenters. The average molecular weight is 281 g/mol. The normalized spacial score (nSPS) is 22.3. The summed E-state index contributed by atoms with van der Waals surface area (Å²) < 4.78 is 9.74. The quantitative estimate of drug-likeness (QED) is 0.573. The van der Waals surface area contributed by atoms with Crippen LogP contribution in [0.25, 0.3) is 0 Å². The highest BCUT2D eigenvalue weighted by Crippen LogP contribution is 2.31. The molecular weight excluding hydrogens is 258 g/mol. The van der Waals surface area contributed by atoms with Crippen LogP contribution in [-0.2, 0) is 14.3 Å². The highest BCUT2D eigenvalue weighted by atomic mass is 16.6. The molecule has 5 nitrogen and oxygen atoms in total. The molecule has 112 valence electrons. The molecule has 1 fully saturated rings. The van der Waals surface area contributed by atoms with Gasteiger partial charge in [0.2, 0.25) is 0 Å². The molecule has 0 aromatic heterocycles. The lowest BCUT2D eigenvalue weighted by Gasteiger charge is -2.38. The van der Waals surface area contributed by atoms with Crippen molar-refractivity contribution in [2.75, 3.05) is 26.8 Å². The summed E-state index contributed by atoms with van der Waals surface area (Å²) in [7, 11) is 1.36. The topological polar surface area (TPSA) is 55.8 Å². The molecule has 0 aromatic carbocycles. The third-order valence-corrected chi connectivity index (χ3v) is 3.55. The Bertz CT molecular complexity index is 391. The smallest absolute Gasteiger partial charge is 0.409 e. The molecule has 0 aliphatic carbocycles. The van der Waals surface area contributed by atoms with Crippen LogP contribution in [0.4, 0.5) is 4.79 Å². The molecule has 2 atom stereocenters. The third kappa shape index (κ3) is 4.11. The first kappa shape index (κ1) is 16.3. The van der Waals surface area contributed by atoms with E-state index in [4.69, 9.17) is 9.47 Å². The Kier molecular flexibility index (Phi) is 6.28. The zero-order chi connectivity index (χ0) is 15.1. The zero-order valence-electron chi connectivity index (χ0n) is 12.3. The van der Waals surface area contributed by atoms with Gasteiger partial charge in [0.15, 0.2) is 0 Å². The molecule has 0 N–H and O–H groups in total. The lowest BCUT2D eigenvalue weighted by atomic mass is 9.81. The molecular formula is C15H23NO4. The van der Waals surface area contributed by atoms with Gasteiger partial charge in [0.1, 0.15) is 0 Å². The van der Waals surface area contributed by atoms with Crippen LogP contribution < -0.4 is 0 Å². The summed E-state index contributed by atoms with van der Waals surface area (Å²) in [4.78, 5) is 25.0. The number of hydrogen-bond acceptors (Lipinski definition) is 4. The van der Waals surface area contributed by atoms with Crippen molar-refractivity contribution in [2.45, 2.75) is 19.8 Å². The number of rotatable bonds is 5. The summed E-state index contributed by atoms with van der Waals surface area (Å²) in [6.07, 6.45) is 2.43. The van der Waals surface area contributed by atoms with E-state index in [9.17, 15) is 9.59 Å². The predicted octanol–water partition coefficient (Wildman–Crippen LogP) is 2.39. The Morgan fingerprint density at radius 1 is 1.40 bits per heavy atom. The van der Waals surface area contributed by atoms with Crippen molar-refractivity contribution in [3.63, 3.8) is 0 Å². The lowest BCUT2D eigenvalue weighted by Crippen LogP contribution is -2.45. The van der Waals surface area contributed by atoms with Crippen LogP contribution in [0.3, 0.4) is 0 Å². The summed E-state index contributed by atoms with van der Waals surface area (Å²) in [5, 5.41) is 0. The molecule has 1 rings (SSSR count). The van der Waals surface area contributed by atoms with Crippen molar-refractivity contribution < 1.29 is 19.1 Å². The summed E-state index contributed by atoms with van der Waals surface area (Å²) in [5.41, 5.74) is 0.982. The molecule has 1 aliphatic heterocycles. The number of ether oxygens (including phenoxy) is 2. The van der Waals surface area contributed by atoms with E-state index in [0.29, 0.717) is 19.7 Å². The van der Waals surface area contributed by atoms with Gasteiger partial charge in [-0.1, -0.05) is 18.2 Å². The van der Waals surface area contributed by atoms with E-state index in [2.05, 4.69) is 13.2 Å². The second-order valence-electron chi connectivity index (χ2n) is 4.88. The minimum atomic E-state index is -0.344. The first-order chi connectivity index (χ1) is 9.53. The van der Waals surface area contributed by atoms with E-state index >= 15 is 0 Å². The van der Waals surface area contributed by atoms with E-state index < -0.39 is 0 Å². The molecule has 0 spiro atoms. The second kappa shape index (κ2) is 7.72. The van der Waals surface area contributed by atoms with Crippen LogP contribution in [-0.4, -0.2) is 43.8 Å². The fourth-order valence-electron chi connectivity index (χ4n) is 2.45. The SMILES string of the molecule is C=CCC1CN(C(=O)OCC)CC(CC(=O)OC)C1=C. The highest BCUT2D eigenvalue weighted by molar-refractivity contribution is 5.71. The van der Waals surface area contributed by atoms with Gasteiger partial charge in [0.25, 0.3) is 0 Å². The Morgan fingerprint density at radius 3 is 2.60 bits per heavy atom. The zero-order valence-corrected chi connectivity index (χ0v) is 12.3. The average Bonchev–Trinajstić information content (AvgIpc) is 2.43. The fraction of sp³-hybridized carbons (Fsp3) is 0.600. The number of methoxy groups -OCH3 is 1. The Morgan fingerprint density at radius 2 is 2.05 bits per heavy atom. The van der Waals surface area contributed by atoms with E-state index in [1.807, 2.05) is 0 Å². The van der Waals surface area contributed by atoms with Crippen LogP contribution in [0.1, 0.15) is 19.8 Å². The highest BCUT2D eigenvalue weighted by Gasteiger charge is 2.34. The molecule has 0 aromatic rings. The fourth-order valence-corrected chi connectivity index (χ4v) is 2.45. The number of carbonyl (C=O) groups is 2. The van der Waals surface area contributed by atoms with Gasteiger partial charge in [-0.05, 0) is 13.3 Å². The number of carbonyl (C=O) groups excluding carboxylic acids is 2. The van der Waals surface area contributed by atoms with Crippen molar-refractivity contribution in [2.24, 2.45) is 11.8 Å². The second-order valence-corrected chi connectivity index (χ2v) is 4.88. The number of likely N-dealkylation sites (tertiary alicyclic amines) is 1. The number of esters is 1. The maximum absolute atomic E-state index is 11.9. The summed E-state index contributed by atoms with van der Waals surface area (Å²) in [6, 6.07) is 0. The van der Waals surface area contributed by atoms with E-state index in [1.54, 1.807) is 17.9 Å². The molecule has 5 heteroatoms. The van der Waals surface area contributed by atoms with Gasteiger partial charge in [-0.15, -0.1) is 6.58 Å². The van der Waals surface area contributed by atoms with Crippen LogP contribution in [0, 0.1) is 11.8 Å². The predicted molar refractivity (Wildman–Crippen MR) is 76.2 cm³/mol.